The van der Waals surface area contributed by atoms with E-state index in [0.29, 0.717) is 6.07 Å². The summed E-state index contributed by atoms with van der Waals surface area (Å²) in [6.07, 6.45) is -0.153. The van der Waals surface area contributed by atoms with Crippen LogP contribution in [0.3, 0.4) is 0 Å². The van der Waals surface area contributed by atoms with Crippen molar-refractivity contribution in [2.75, 3.05) is 0 Å². The molecule has 4 nitrogen and oxygen atoms in total. The lowest BCUT2D eigenvalue weighted by atomic mass is 10.1. The smallest absolute Gasteiger partial charge is 0.162 e. The molecule has 4 N–H and O–H groups in total. The first-order valence-corrected chi connectivity index (χ1v) is 3.68. The molecule has 14 heavy (non-hydrogen) atoms. The van der Waals surface area contributed by atoms with Gasteiger partial charge in [0.05, 0.1) is 0 Å². The molecular weight excluding hydrogens is 194 g/mol. The largest absolute Gasteiger partial charge is 0.508 e. The van der Waals surface area contributed by atoms with Crippen molar-refractivity contribution in [1.29, 1.82) is 0 Å². The zero-order valence-electron chi connectivity index (χ0n) is 7.04. The molecule has 0 spiro atoms. The minimum Gasteiger partial charge on any atom is -0.508 e. The molecule has 0 aromatic heterocycles. The van der Waals surface area contributed by atoms with E-state index in [1.165, 1.54) is 0 Å². The van der Waals surface area contributed by atoms with Gasteiger partial charge in [0.2, 0.25) is 0 Å². The van der Waals surface area contributed by atoms with E-state index in [0.717, 1.165) is 6.07 Å². The molecule has 0 radical (unpaired) electrons. The maximum absolute atomic E-state index is 12.7. The molecule has 6 heteroatoms. The predicted octanol–water partition coefficient (Wildman–Crippen LogP) is 0.959. The number of nitrogens with two attached hydrogens (primary N) is 1. The lowest BCUT2D eigenvalue weighted by Crippen LogP contribution is -2.15. The van der Waals surface area contributed by atoms with E-state index < -0.39 is 17.4 Å². The molecule has 0 saturated carbocycles. The number of aromatic hydroxyl groups is 1. The molecule has 0 aliphatic carbocycles. The number of nitrogens with zero attached hydrogens (tertiary/aromatic N) is 1. The summed E-state index contributed by atoms with van der Waals surface area (Å²) in [6.45, 7) is 0. The van der Waals surface area contributed by atoms with Crippen LogP contribution in [0.15, 0.2) is 17.3 Å². The maximum Gasteiger partial charge on any atom is 0.162 e. The average Bonchev–Trinajstić information content (AvgIpc) is 2.14. The van der Waals surface area contributed by atoms with E-state index in [2.05, 4.69) is 5.16 Å². The third-order valence-electron chi connectivity index (χ3n) is 1.62. The lowest BCUT2D eigenvalue weighted by molar-refractivity contribution is 0.317. The Morgan fingerprint density at radius 3 is 2.50 bits per heavy atom. The van der Waals surface area contributed by atoms with Gasteiger partial charge in [0.1, 0.15) is 11.6 Å². The van der Waals surface area contributed by atoms with Gasteiger partial charge in [-0.25, -0.2) is 8.78 Å². The minimum absolute atomic E-state index is 0.0548. The van der Waals surface area contributed by atoms with Gasteiger partial charge in [0.15, 0.2) is 11.6 Å². The first kappa shape index (κ1) is 10.2. The summed E-state index contributed by atoms with van der Waals surface area (Å²) in [5.41, 5.74) is 5.19. The Labute approximate surface area is 78.3 Å². The molecule has 0 aliphatic rings. The van der Waals surface area contributed by atoms with Crippen LogP contribution >= 0.6 is 0 Å². The van der Waals surface area contributed by atoms with Crippen molar-refractivity contribution in [1.82, 2.24) is 0 Å². The quantitative estimate of drug-likeness (QED) is 0.289. The number of oxime groups is 1. The summed E-state index contributed by atoms with van der Waals surface area (Å²) in [6, 6.07) is 1.43. The van der Waals surface area contributed by atoms with Crippen LogP contribution in [-0.4, -0.2) is 16.1 Å². The number of hydrogen-bond acceptors (Lipinski definition) is 3. The summed E-state index contributed by atoms with van der Waals surface area (Å²) in [5.74, 6) is -2.88. The number of benzene rings is 1. The number of halogens is 2. The summed E-state index contributed by atoms with van der Waals surface area (Å²) >= 11 is 0. The van der Waals surface area contributed by atoms with Crippen molar-refractivity contribution < 1.29 is 19.1 Å². The van der Waals surface area contributed by atoms with E-state index >= 15 is 0 Å². The highest BCUT2D eigenvalue weighted by atomic mass is 19.2. The topological polar surface area (TPSA) is 78.8 Å². The van der Waals surface area contributed by atoms with Crippen molar-refractivity contribution in [2.45, 2.75) is 6.42 Å². The number of amidine groups is 1. The molecule has 1 rings (SSSR count). The number of phenolic OH excluding ortho intramolecular Hbond substituents is 1. The molecule has 0 aliphatic heterocycles. The van der Waals surface area contributed by atoms with E-state index in [-0.39, 0.29) is 17.8 Å². The van der Waals surface area contributed by atoms with E-state index in [4.69, 9.17) is 16.0 Å². The molecular formula is C8H8F2N2O2. The van der Waals surface area contributed by atoms with Crippen LogP contribution in [-0.2, 0) is 6.42 Å². The van der Waals surface area contributed by atoms with E-state index in [9.17, 15) is 8.78 Å². The fourth-order valence-electron chi connectivity index (χ4n) is 0.950. The molecule has 0 fully saturated rings. The first-order chi connectivity index (χ1) is 6.54. The minimum atomic E-state index is -1.15. The van der Waals surface area contributed by atoms with Gasteiger partial charge in [-0.05, 0) is 6.07 Å². The van der Waals surface area contributed by atoms with Crippen LogP contribution in [0.5, 0.6) is 5.75 Å². The van der Waals surface area contributed by atoms with Crippen LogP contribution < -0.4 is 5.73 Å². The second kappa shape index (κ2) is 3.91. The van der Waals surface area contributed by atoms with E-state index in [1.807, 2.05) is 0 Å². The van der Waals surface area contributed by atoms with Crippen molar-refractivity contribution in [3.8, 4) is 5.75 Å². The van der Waals surface area contributed by atoms with Crippen molar-refractivity contribution in [2.24, 2.45) is 10.9 Å². The fourth-order valence-corrected chi connectivity index (χ4v) is 0.950. The highest BCUT2D eigenvalue weighted by Gasteiger charge is 2.10. The number of phenols is 1. The van der Waals surface area contributed by atoms with E-state index in [1.54, 1.807) is 0 Å². The third-order valence-corrected chi connectivity index (χ3v) is 1.62. The Kier molecular flexibility index (Phi) is 2.85. The third kappa shape index (κ3) is 2.09. The van der Waals surface area contributed by atoms with Gasteiger partial charge in [-0.1, -0.05) is 5.16 Å². The molecule has 1 aromatic carbocycles. The predicted molar refractivity (Wildman–Crippen MR) is 45.1 cm³/mol. The molecule has 0 atom stereocenters. The van der Waals surface area contributed by atoms with Gasteiger partial charge in [-0.2, -0.15) is 0 Å². The fraction of sp³-hybridized carbons (Fsp3) is 0.125. The van der Waals surface area contributed by atoms with Crippen molar-refractivity contribution in [3.63, 3.8) is 0 Å². The zero-order valence-corrected chi connectivity index (χ0v) is 7.04. The number of rotatable bonds is 2. The standard InChI is InChI=1S/C8H8F2N2O2/c9-5-1-4(2-8(11)12-14)7(13)3-6(5)10/h1,3,13-14H,2H2,(H2,11,12). The Morgan fingerprint density at radius 2 is 1.93 bits per heavy atom. The Balaban J connectivity index is 3.04. The average molecular weight is 202 g/mol. The van der Waals surface area contributed by atoms with Gasteiger partial charge in [-0.3, -0.25) is 0 Å². The molecule has 0 heterocycles. The highest BCUT2D eigenvalue weighted by molar-refractivity contribution is 5.82. The summed E-state index contributed by atoms with van der Waals surface area (Å²) in [5, 5.41) is 20.0. The highest BCUT2D eigenvalue weighted by Crippen LogP contribution is 2.21. The van der Waals surface area contributed by atoms with Crippen LogP contribution in [0.1, 0.15) is 5.56 Å². The molecule has 0 unspecified atom stereocenters. The molecule has 76 valence electrons. The zero-order chi connectivity index (χ0) is 10.7. The van der Waals surface area contributed by atoms with Crippen LogP contribution in [0.4, 0.5) is 8.78 Å². The Bertz CT molecular complexity index is 380. The molecule has 0 bridgehead atoms. The van der Waals surface area contributed by atoms with Crippen molar-refractivity contribution in [3.05, 3.63) is 29.3 Å². The normalized spacial score (nSPS) is 11.7. The van der Waals surface area contributed by atoms with Gasteiger partial charge in [-0.15, -0.1) is 0 Å². The summed E-state index contributed by atoms with van der Waals surface area (Å²) in [4.78, 5) is 0. The second-order valence-corrected chi connectivity index (χ2v) is 2.66. The summed E-state index contributed by atoms with van der Waals surface area (Å²) < 4.78 is 25.2. The molecule has 0 amide bonds. The van der Waals surface area contributed by atoms with Crippen LogP contribution in [0, 0.1) is 11.6 Å². The Hall–Kier alpha value is -1.85. The maximum atomic E-state index is 12.7. The SMILES string of the molecule is N/C(Cc1cc(F)c(F)cc1O)=N\O. The monoisotopic (exact) mass is 202 g/mol. The van der Waals surface area contributed by atoms with Gasteiger partial charge in [0.25, 0.3) is 0 Å². The lowest BCUT2D eigenvalue weighted by Gasteiger charge is -2.03. The summed E-state index contributed by atoms with van der Waals surface area (Å²) in [7, 11) is 0. The molecule has 1 aromatic rings. The van der Waals surface area contributed by atoms with Gasteiger partial charge >= 0.3 is 0 Å². The van der Waals surface area contributed by atoms with Gasteiger partial charge < -0.3 is 16.0 Å². The Morgan fingerprint density at radius 1 is 1.36 bits per heavy atom. The number of hydrogen-bond donors (Lipinski definition) is 3. The first-order valence-electron chi connectivity index (χ1n) is 3.68. The molecule has 0 saturated heterocycles. The van der Waals surface area contributed by atoms with Gasteiger partial charge in [0, 0.05) is 18.1 Å². The van der Waals surface area contributed by atoms with Crippen LogP contribution in [0.2, 0.25) is 0 Å². The second-order valence-electron chi connectivity index (χ2n) is 2.66. The van der Waals surface area contributed by atoms with Crippen molar-refractivity contribution >= 4 is 5.84 Å². The van der Waals surface area contributed by atoms with Crippen LogP contribution in [0.25, 0.3) is 0 Å².